The molecule has 1 N–H and O–H groups in total. The van der Waals surface area contributed by atoms with Crippen LogP contribution in [0.1, 0.15) is 20.3 Å². The fourth-order valence-corrected chi connectivity index (χ4v) is 1.42. The fourth-order valence-electron chi connectivity index (χ4n) is 1.42. The topological polar surface area (TPSA) is 47.6 Å². The minimum absolute atomic E-state index is 0.140. The molecule has 0 aromatic rings. The maximum Gasteiger partial charge on any atom is 0.407 e. The predicted octanol–water partition coefficient (Wildman–Crippen LogP) is 1.16. The third-order valence-corrected chi connectivity index (χ3v) is 2.29. The SMILES string of the molecule is CCOC(=O)NC(C)C1CCOC1. The third-order valence-electron chi connectivity index (χ3n) is 2.29. The Kier molecular flexibility index (Phi) is 4.02. The van der Waals surface area contributed by atoms with Crippen molar-refractivity contribution in [1.82, 2.24) is 5.32 Å². The van der Waals surface area contributed by atoms with Gasteiger partial charge in [-0.1, -0.05) is 0 Å². The molecular formula is C9H17NO3. The van der Waals surface area contributed by atoms with Crippen molar-refractivity contribution in [1.29, 1.82) is 0 Å². The zero-order chi connectivity index (χ0) is 9.68. The number of carbonyl (C=O) groups excluding carboxylic acids is 1. The van der Waals surface area contributed by atoms with Gasteiger partial charge in [0.05, 0.1) is 13.2 Å². The summed E-state index contributed by atoms with van der Waals surface area (Å²) in [6.45, 7) is 5.74. The normalized spacial score (nSPS) is 24.0. The first kappa shape index (κ1) is 10.3. The molecule has 1 amide bonds. The van der Waals surface area contributed by atoms with E-state index >= 15 is 0 Å². The Morgan fingerprint density at radius 3 is 3.08 bits per heavy atom. The van der Waals surface area contributed by atoms with Crippen LogP contribution in [0.15, 0.2) is 0 Å². The number of nitrogens with one attached hydrogen (secondary N) is 1. The molecule has 0 saturated carbocycles. The van der Waals surface area contributed by atoms with E-state index in [0.29, 0.717) is 12.5 Å². The van der Waals surface area contributed by atoms with Crippen LogP contribution in [-0.4, -0.2) is 32.0 Å². The van der Waals surface area contributed by atoms with Gasteiger partial charge in [0, 0.05) is 18.6 Å². The van der Waals surface area contributed by atoms with E-state index in [-0.39, 0.29) is 12.1 Å². The van der Waals surface area contributed by atoms with E-state index in [1.807, 2.05) is 6.92 Å². The van der Waals surface area contributed by atoms with Gasteiger partial charge in [-0.2, -0.15) is 0 Å². The van der Waals surface area contributed by atoms with Gasteiger partial charge in [-0.05, 0) is 20.3 Å². The van der Waals surface area contributed by atoms with Crippen molar-refractivity contribution < 1.29 is 14.3 Å². The summed E-state index contributed by atoms with van der Waals surface area (Å²) in [6.07, 6.45) is 0.690. The molecule has 4 heteroatoms. The summed E-state index contributed by atoms with van der Waals surface area (Å²) in [4.78, 5) is 11.0. The quantitative estimate of drug-likeness (QED) is 0.721. The Morgan fingerprint density at radius 2 is 2.54 bits per heavy atom. The lowest BCUT2D eigenvalue weighted by molar-refractivity contribution is 0.141. The van der Waals surface area contributed by atoms with Crippen LogP contribution in [0.3, 0.4) is 0 Å². The van der Waals surface area contributed by atoms with Gasteiger partial charge in [-0.15, -0.1) is 0 Å². The summed E-state index contributed by atoms with van der Waals surface area (Å²) in [7, 11) is 0. The van der Waals surface area contributed by atoms with Crippen LogP contribution in [0.25, 0.3) is 0 Å². The first-order valence-electron chi connectivity index (χ1n) is 4.75. The monoisotopic (exact) mass is 187 g/mol. The highest BCUT2D eigenvalue weighted by atomic mass is 16.5. The van der Waals surface area contributed by atoms with Gasteiger partial charge < -0.3 is 14.8 Å². The van der Waals surface area contributed by atoms with Crippen LogP contribution in [0.2, 0.25) is 0 Å². The van der Waals surface area contributed by atoms with Crippen molar-refractivity contribution in [3.05, 3.63) is 0 Å². The van der Waals surface area contributed by atoms with Crippen LogP contribution in [0.4, 0.5) is 4.79 Å². The summed E-state index contributed by atoms with van der Waals surface area (Å²) in [5, 5.41) is 2.78. The number of rotatable bonds is 3. The first-order valence-corrected chi connectivity index (χ1v) is 4.75. The molecule has 1 fully saturated rings. The predicted molar refractivity (Wildman–Crippen MR) is 48.5 cm³/mol. The molecule has 2 unspecified atom stereocenters. The van der Waals surface area contributed by atoms with Crippen molar-refractivity contribution in [3.8, 4) is 0 Å². The molecule has 1 saturated heterocycles. The summed E-state index contributed by atoms with van der Waals surface area (Å²) in [6, 6.07) is 0.140. The molecule has 0 aliphatic carbocycles. The molecule has 0 bridgehead atoms. The molecule has 1 aliphatic heterocycles. The number of alkyl carbamates (subject to hydrolysis) is 1. The Labute approximate surface area is 78.6 Å². The van der Waals surface area contributed by atoms with E-state index < -0.39 is 0 Å². The zero-order valence-corrected chi connectivity index (χ0v) is 8.21. The highest BCUT2D eigenvalue weighted by molar-refractivity contribution is 5.67. The molecule has 0 spiro atoms. The highest BCUT2D eigenvalue weighted by Crippen LogP contribution is 2.16. The molecule has 0 aromatic heterocycles. The Hall–Kier alpha value is -0.770. The minimum atomic E-state index is -0.332. The Morgan fingerprint density at radius 1 is 1.77 bits per heavy atom. The maximum absolute atomic E-state index is 11.0. The smallest absolute Gasteiger partial charge is 0.407 e. The molecule has 0 aromatic carbocycles. The van der Waals surface area contributed by atoms with Gasteiger partial charge in [0.1, 0.15) is 0 Å². The third kappa shape index (κ3) is 3.22. The second-order valence-electron chi connectivity index (χ2n) is 3.28. The van der Waals surface area contributed by atoms with Gasteiger partial charge in [-0.3, -0.25) is 0 Å². The van der Waals surface area contributed by atoms with E-state index in [0.717, 1.165) is 19.6 Å². The standard InChI is InChI=1S/C9H17NO3/c1-3-13-9(11)10-7(2)8-4-5-12-6-8/h7-8H,3-6H2,1-2H3,(H,10,11). The molecule has 1 aliphatic rings. The first-order chi connectivity index (χ1) is 6.24. The number of amides is 1. The van der Waals surface area contributed by atoms with Crippen LogP contribution in [0.5, 0.6) is 0 Å². The second kappa shape index (κ2) is 5.07. The van der Waals surface area contributed by atoms with E-state index in [1.54, 1.807) is 6.92 Å². The summed E-state index contributed by atoms with van der Waals surface area (Å²) in [5.74, 6) is 0.435. The van der Waals surface area contributed by atoms with Crippen LogP contribution in [-0.2, 0) is 9.47 Å². The van der Waals surface area contributed by atoms with Crippen molar-refractivity contribution in [2.45, 2.75) is 26.3 Å². The average Bonchev–Trinajstić information content (AvgIpc) is 2.55. The maximum atomic E-state index is 11.0. The highest BCUT2D eigenvalue weighted by Gasteiger charge is 2.23. The zero-order valence-electron chi connectivity index (χ0n) is 8.21. The average molecular weight is 187 g/mol. The molecule has 1 heterocycles. The largest absolute Gasteiger partial charge is 0.450 e. The molecule has 4 nitrogen and oxygen atoms in total. The molecule has 0 radical (unpaired) electrons. The number of ether oxygens (including phenoxy) is 2. The van der Waals surface area contributed by atoms with E-state index in [2.05, 4.69) is 5.32 Å². The Balaban J connectivity index is 2.22. The fraction of sp³-hybridized carbons (Fsp3) is 0.889. The lowest BCUT2D eigenvalue weighted by Gasteiger charge is -2.18. The van der Waals surface area contributed by atoms with Crippen LogP contribution >= 0.6 is 0 Å². The van der Waals surface area contributed by atoms with Crippen molar-refractivity contribution in [3.63, 3.8) is 0 Å². The molecule has 2 atom stereocenters. The number of carbonyl (C=O) groups is 1. The van der Waals surface area contributed by atoms with E-state index in [1.165, 1.54) is 0 Å². The Bertz CT molecular complexity index is 166. The minimum Gasteiger partial charge on any atom is -0.450 e. The molecule has 13 heavy (non-hydrogen) atoms. The van der Waals surface area contributed by atoms with Crippen molar-refractivity contribution >= 4 is 6.09 Å². The molecule has 1 rings (SSSR count). The second-order valence-corrected chi connectivity index (χ2v) is 3.28. The van der Waals surface area contributed by atoms with Gasteiger partial charge in [0.15, 0.2) is 0 Å². The number of hydrogen-bond acceptors (Lipinski definition) is 3. The lowest BCUT2D eigenvalue weighted by Crippen LogP contribution is -2.38. The summed E-state index contributed by atoms with van der Waals surface area (Å²) >= 11 is 0. The summed E-state index contributed by atoms with van der Waals surface area (Å²) in [5.41, 5.74) is 0. The van der Waals surface area contributed by atoms with Crippen molar-refractivity contribution in [2.75, 3.05) is 19.8 Å². The van der Waals surface area contributed by atoms with Gasteiger partial charge >= 0.3 is 6.09 Å². The van der Waals surface area contributed by atoms with Gasteiger partial charge in [-0.25, -0.2) is 4.79 Å². The molecular weight excluding hydrogens is 170 g/mol. The van der Waals surface area contributed by atoms with Crippen LogP contribution in [0, 0.1) is 5.92 Å². The van der Waals surface area contributed by atoms with Gasteiger partial charge in [0.2, 0.25) is 0 Å². The number of hydrogen-bond donors (Lipinski definition) is 1. The lowest BCUT2D eigenvalue weighted by atomic mass is 10.0. The van der Waals surface area contributed by atoms with E-state index in [4.69, 9.17) is 9.47 Å². The molecule has 76 valence electrons. The van der Waals surface area contributed by atoms with Gasteiger partial charge in [0.25, 0.3) is 0 Å². The van der Waals surface area contributed by atoms with Crippen LogP contribution < -0.4 is 5.32 Å². The van der Waals surface area contributed by atoms with E-state index in [9.17, 15) is 4.79 Å². The summed E-state index contributed by atoms with van der Waals surface area (Å²) < 4.78 is 10.0. The van der Waals surface area contributed by atoms with Crippen molar-refractivity contribution in [2.24, 2.45) is 5.92 Å².